The molecule has 3 nitrogen and oxygen atoms in total. The van der Waals surface area contributed by atoms with Gasteiger partial charge in [0.1, 0.15) is 5.72 Å². The number of carbonyl (C=O) groups excluding carboxylic acids is 1. The molecule has 0 atom stereocenters. The van der Waals surface area contributed by atoms with E-state index in [2.05, 4.69) is 0 Å². The van der Waals surface area contributed by atoms with Crippen LogP contribution in [0, 0.1) is 0 Å². The van der Waals surface area contributed by atoms with Gasteiger partial charge in [0, 0.05) is 6.54 Å². The molecule has 1 heterocycles. The van der Waals surface area contributed by atoms with Crippen molar-refractivity contribution >= 4 is 29.1 Å². The van der Waals surface area contributed by atoms with Crippen molar-refractivity contribution in [1.29, 1.82) is 0 Å². The van der Waals surface area contributed by atoms with Crippen LogP contribution in [0.4, 0.5) is 0 Å². The minimum absolute atomic E-state index is 0.291. The summed E-state index contributed by atoms with van der Waals surface area (Å²) in [5, 5.41) is 0. The van der Waals surface area contributed by atoms with Gasteiger partial charge in [-0.2, -0.15) is 0 Å². The molecule has 0 aliphatic carbocycles. The van der Waals surface area contributed by atoms with E-state index in [0.29, 0.717) is 13.2 Å². The van der Waals surface area contributed by atoms with Gasteiger partial charge in [-0.3, -0.25) is 4.79 Å². The zero-order chi connectivity index (χ0) is 9.35. The van der Waals surface area contributed by atoms with Gasteiger partial charge in [0.15, 0.2) is 4.84 Å². The van der Waals surface area contributed by atoms with Crippen molar-refractivity contribution in [2.24, 2.45) is 0 Å². The molecule has 0 saturated carbocycles. The van der Waals surface area contributed by atoms with E-state index in [-0.39, 0.29) is 5.91 Å². The van der Waals surface area contributed by atoms with Crippen molar-refractivity contribution in [2.75, 3.05) is 13.2 Å². The molecule has 1 fully saturated rings. The first-order valence-electron chi connectivity index (χ1n) is 3.69. The van der Waals surface area contributed by atoms with Crippen molar-refractivity contribution in [3.8, 4) is 0 Å². The molecule has 1 amide bonds. The quantitative estimate of drug-likeness (QED) is 0.614. The lowest BCUT2D eigenvalue weighted by Gasteiger charge is -2.30. The molecule has 0 unspecified atom stereocenters. The van der Waals surface area contributed by atoms with Crippen LogP contribution in [0.5, 0.6) is 0 Å². The lowest BCUT2D eigenvalue weighted by atomic mass is 10.3. The molecule has 0 aromatic rings. The predicted octanol–water partition coefficient (Wildman–Crippen LogP) is 1.39. The molecule has 0 bridgehead atoms. The Kier molecular flexibility index (Phi) is 2.86. The second-order valence-corrected chi connectivity index (χ2v) is 4.18. The molecule has 5 heteroatoms. The van der Waals surface area contributed by atoms with Crippen molar-refractivity contribution in [3.63, 3.8) is 0 Å². The lowest BCUT2D eigenvalue weighted by molar-refractivity contribution is -0.142. The van der Waals surface area contributed by atoms with Crippen LogP contribution in [-0.2, 0) is 9.53 Å². The number of hydrogen-bond donors (Lipinski definition) is 0. The summed E-state index contributed by atoms with van der Waals surface area (Å²) in [5.74, 6) is -0.291. The highest BCUT2D eigenvalue weighted by molar-refractivity contribution is 6.53. The molecule has 1 aliphatic rings. The summed E-state index contributed by atoms with van der Waals surface area (Å²) in [6.07, 6.45) is 0. The number of amides is 1. The molecule has 0 spiro atoms. The standard InChI is InChI=1S/C7H11Cl2NO2/c1-7(2)10(3-4-12-7)6(11)5(8)9/h5H,3-4H2,1-2H3. The van der Waals surface area contributed by atoms with Crippen LogP contribution in [-0.4, -0.2) is 34.5 Å². The molecule has 1 saturated heterocycles. The summed E-state index contributed by atoms with van der Waals surface area (Å²) >= 11 is 10.9. The number of rotatable bonds is 1. The maximum absolute atomic E-state index is 11.3. The summed E-state index contributed by atoms with van der Waals surface area (Å²) in [5.41, 5.74) is -0.570. The maximum atomic E-state index is 11.3. The van der Waals surface area contributed by atoms with Gasteiger partial charge in [0.05, 0.1) is 6.61 Å². The van der Waals surface area contributed by atoms with Crippen LogP contribution >= 0.6 is 23.2 Å². The van der Waals surface area contributed by atoms with Crippen molar-refractivity contribution in [2.45, 2.75) is 24.4 Å². The van der Waals surface area contributed by atoms with Crippen molar-refractivity contribution < 1.29 is 9.53 Å². The first kappa shape index (κ1) is 10.1. The normalized spacial score (nSPS) is 21.9. The highest BCUT2D eigenvalue weighted by Gasteiger charge is 2.38. The number of hydrogen-bond acceptors (Lipinski definition) is 2. The largest absolute Gasteiger partial charge is 0.354 e. The second kappa shape index (κ2) is 3.40. The molecular formula is C7H11Cl2NO2. The fraction of sp³-hybridized carbons (Fsp3) is 0.857. The molecule has 0 aromatic heterocycles. The van der Waals surface area contributed by atoms with Gasteiger partial charge in [0.25, 0.3) is 5.91 Å². The van der Waals surface area contributed by atoms with E-state index in [9.17, 15) is 4.79 Å². The minimum atomic E-state index is -0.994. The van der Waals surface area contributed by atoms with Crippen LogP contribution < -0.4 is 0 Å². The lowest BCUT2D eigenvalue weighted by Crippen LogP contribution is -2.45. The Labute approximate surface area is 81.6 Å². The summed E-state index contributed by atoms with van der Waals surface area (Å²) in [4.78, 5) is 11.9. The van der Waals surface area contributed by atoms with Gasteiger partial charge in [0.2, 0.25) is 0 Å². The average Bonchev–Trinajstić information content (AvgIpc) is 2.27. The van der Waals surface area contributed by atoms with E-state index in [4.69, 9.17) is 27.9 Å². The summed E-state index contributed by atoms with van der Waals surface area (Å²) < 4.78 is 5.31. The summed E-state index contributed by atoms with van der Waals surface area (Å²) in [7, 11) is 0. The Morgan fingerprint density at radius 3 is 2.50 bits per heavy atom. The van der Waals surface area contributed by atoms with Crippen LogP contribution in [0.25, 0.3) is 0 Å². The van der Waals surface area contributed by atoms with Crippen molar-refractivity contribution in [1.82, 2.24) is 4.90 Å². The summed E-state index contributed by atoms with van der Waals surface area (Å²) in [6, 6.07) is 0. The highest BCUT2D eigenvalue weighted by Crippen LogP contribution is 2.24. The van der Waals surface area contributed by atoms with Crippen LogP contribution in [0.3, 0.4) is 0 Å². The van der Waals surface area contributed by atoms with Gasteiger partial charge in [-0.15, -0.1) is 0 Å². The molecule has 70 valence electrons. The Morgan fingerprint density at radius 2 is 2.17 bits per heavy atom. The van der Waals surface area contributed by atoms with Gasteiger partial charge in [-0.1, -0.05) is 23.2 Å². The number of halogens is 2. The van der Waals surface area contributed by atoms with E-state index in [0.717, 1.165) is 0 Å². The predicted molar refractivity (Wildman–Crippen MR) is 47.2 cm³/mol. The smallest absolute Gasteiger partial charge is 0.258 e. The number of carbonyl (C=O) groups is 1. The van der Waals surface area contributed by atoms with Gasteiger partial charge in [-0.05, 0) is 13.8 Å². The van der Waals surface area contributed by atoms with Crippen LogP contribution in [0.15, 0.2) is 0 Å². The van der Waals surface area contributed by atoms with E-state index in [1.807, 2.05) is 13.8 Å². The highest BCUT2D eigenvalue weighted by atomic mass is 35.5. The topological polar surface area (TPSA) is 29.5 Å². The number of alkyl halides is 2. The molecule has 0 radical (unpaired) electrons. The van der Waals surface area contributed by atoms with Gasteiger partial charge in [-0.25, -0.2) is 0 Å². The fourth-order valence-electron chi connectivity index (χ4n) is 1.23. The van der Waals surface area contributed by atoms with Crippen LogP contribution in [0.2, 0.25) is 0 Å². The zero-order valence-corrected chi connectivity index (χ0v) is 8.52. The second-order valence-electron chi connectivity index (χ2n) is 3.09. The number of ether oxygens (including phenoxy) is 1. The first-order chi connectivity index (χ1) is 5.45. The van der Waals surface area contributed by atoms with Crippen molar-refractivity contribution in [3.05, 3.63) is 0 Å². The van der Waals surface area contributed by atoms with E-state index in [1.54, 1.807) is 0 Å². The van der Waals surface area contributed by atoms with Crippen LogP contribution in [0.1, 0.15) is 13.8 Å². The van der Waals surface area contributed by atoms with Gasteiger partial charge < -0.3 is 9.64 Å². The first-order valence-corrected chi connectivity index (χ1v) is 4.56. The maximum Gasteiger partial charge on any atom is 0.258 e. The van der Waals surface area contributed by atoms with E-state index in [1.165, 1.54) is 4.90 Å². The van der Waals surface area contributed by atoms with E-state index < -0.39 is 10.6 Å². The molecule has 12 heavy (non-hydrogen) atoms. The SMILES string of the molecule is CC1(C)OCCN1C(=O)C(Cl)Cl. The fourth-order valence-corrected chi connectivity index (χ4v) is 1.46. The third-order valence-corrected chi connectivity index (χ3v) is 2.25. The average molecular weight is 212 g/mol. The molecular weight excluding hydrogens is 201 g/mol. The Bertz CT molecular complexity index is 194. The molecule has 0 N–H and O–H groups in total. The zero-order valence-electron chi connectivity index (χ0n) is 7.01. The third-order valence-electron chi connectivity index (χ3n) is 1.87. The Balaban J connectivity index is 2.69. The molecule has 1 aliphatic heterocycles. The Morgan fingerprint density at radius 1 is 1.58 bits per heavy atom. The number of nitrogens with zero attached hydrogens (tertiary/aromatic N) is 1. The summed E-state index contributed by atoms with van der Waals surface area (Å²) in [6.45, 7) is 4.73. The van der Waals surface area contributed by atoms with Gasteiger partial charge >= 0.3 is 0 Å². The molecule has 0 aromatic carbocycles. The minimum Gasteiger partial charge on any atom is -0.354 e. The third kappa shape index (κ3) is 1.84. The monoisotopic (exact) mass is 211 g/mol. The Hall–Kier alpha value is 0.01000. The molecule has 1 rings (SSSR count). The van der Waals surface area contributed by atoms with E-state index >= 15 is 0 Å².